The first-order chi connectivity index (χ1) is 12.8. The van der Waals surface area contributed by atoms with E-state index in [1.54, 1.807) is 22.9 Å². The molecule has 142 valence electrons. The van der Waals surface area contributed by atoms with Gasteiger partial charge in [0.2, 0.25) is 0 Å². The van der Waals surface area contributed by atoms with Gasteiger partial charge in [0.15, 0.2) is 11.5 Å². The second-order valence-corrected chi connectivity index (χ2v) is 6.95. The highest BCUT2D eigenvalue weighted by Gasteiger charge is 2.11. The van der Waals surface area contributed by atoms with Crippen molar-refractivity contribution in [3.8, 4) is 0 Å². The Morgan fingerprint density at radius 3 is 2.04 bits per heavy atom. The molecule has 0 N–H and O–H groups in total. The van der Waals surface area contributed by atoms with Gasteiger partial charge in [-0.25, -0.2) is 23.1 Å². The van der Waals surface area contributed by atoms with Crippen LogP contribution in [-0.2, 0) is 0 Å². The number of hydrogen-bond acceptors (Lipinski definition) is 2. The second-order valence-electron chi connectivity index (χ2n) is 6.95. The number of halogens is 3. The molecule has 0 unspecified atom stereocenters. The van der Waals surface area contributed by atoms with Crippen molar-refractivity contribution in [3.05, 3.63) is 71.8 Å². The summed E-state index contributed by atoms with van der Waals surface area (Å²) in [4.78, 5) is 8.08. The molecule has 0 bridgehead atoms. The molecule has 0 amide bonds. The fourth-order valence-corrected chi connectivity index (χ4v) is 2.86. The Hall–Kier alpha value is -2.83. The summed E-state index contributed by atoms with van der Waals surface area (Å²) in [6.45, 7) is 8.03. The summed E-state index contributed by atoms with van der Waals surface area (Å²) in [6.07, 6.45) is 6.08. The zero-order chi connectivity index (χ0) is 19.7. The van der Waals surface area contributed by atoms with Crippen LogP contribution in [0.1, 0.15) is 50.9 Å². The van der Waals surface area contributed by atoms with Crippen molar-refractivity contribution in [2.75, 3.05) is 0 Å². The van der Waals surface area contributed by atoms with Gasteiger partial charge in [-0.15, -0.1) is 0 Å². The van der Waals surface area contributed by atoms with E-state index in [9.17, 15) is 13.2 Å². The highest BCUT2D eigenvalue weighted by molar-refractivity contribution is 5.42. The number of imidazole rings is 2. The van der Waals surface area contributed by atoms with E-state index in [4.69, 9.17) is 0 Å². The van der Waals surface area contributed by atoms with Crippen LogP contribution in [0, 0.1) is 17.5 Å². The molecule has 27 heavy (non-hydrogen) atoms. The number of fused-ring (bicyclic) bond motifs is 2. The fraction of sp³-hybridized carbons (Fsp3) is 0.300. The smallest absolute Gasteiger partial charge is 0.173 e. The quantitative estimate of drug-likeness (QED) is 0.475. The molecule has 4 aromatic rings. The fourth-order valence-electron chi connectivity index (χ4n) is 2.86. The van der Waals surface area contributed by atoms with Gasteiger partial charge >= 0.3 is 0 Å². The van der Waals surface area contributed by atoms with Crippen LogP contribution in [0.25, 0.3) is 11.3 Å². The maximum atomic E-state index is 13.2. The topological polar surface area (TPSA) is 34.6 Å². The van der Waals surface area contributed by atoms with E-state index in [1.807, 2.05) is 13.8 Å². The molecule has 0 spiro atoms. The molecule has 4 aromatic heterocycles. The van der Waals surface area contributed by atoms with Gasteiger partial charge in [0.1, 0.15) is 17.3 Å². The Labute approximate surface area is 155 Å². The first-order valence-corrected chi connectivity index (χ1v) is 8.72. The van der Waals surface area contributed by atoms with Gasteiger partial charge in [-0.1, -0.05) is 27.7 Å². The van der Waals surface area contributed by atoms with Crippen molar-refractivity contribution in [2.45, 2.75) is 39.5 Å². The maximum Gasteiger partial charge on any atom is 0.173 e. The zero-order valence-corrected chi connectivity index (χ0v) is 15.6. The third-order valence-corrected chi connectivity index (χ3v) is 4.24. The molecule has 4 rings (SSSR count). The molecule has 0 fully saturated rings. The van der Waals surface area contributed by atoms with Gasteiger partial charge in [-0.2, -0.15) is 0 Å². The van der Waals surface area contributed by atoms with Crippen LogP contribution in [-0.4, -0.2) is 18.8 Å². The summed E-state index contributed by atoms with van der Waals surface area (Å²) < 4.78 is 42.3. The van der Waals surface area contributed by atoms with E-state index in [0.717, 1.165) is 23.1 Å². The summed E-state index contributed by atoms with van der Waals surface area (Å²) in [7, 11) is 0. The largest absolute Gasteiger partial charge is 0.301 e. The number of aromatic nitrogens is 4. The van der Waals surface area contributed by atoms with Crippen molar-refractivity contribution in [1.82, 2.24) is 18.8 Å². The molecule has 0 aliphatic heterocycles. The minimum absolute atomic E-state index is 0.176. The van der Waals surface area contributed by atoms with Crippen LogP contribution < -0.4 is 0 Å². The van der Waals surface area contributed by atoms with Crippen LogP contribution in [0.15, 0.2) is 43.0 Å². The molecule has 0 radical (unpaired) electrons. The highest BCUT2D eigenvalue weighted by atomic mass is 19.1. The Kier molecular flexibility index (Phi) is 5.21. The van der Waals surface area contributed by atoms with Gasteiger partial charge in [0.05, 0.1) is 0 Å². The van der Waals surface area contributed by atoms with Crippen molar-refractivity contribution in [3.63, 3.8) is 0 Å². The van der Waals surface area contributed by atoms with E-state index < -0.39 is 11.6 Å². The molecule has 0 aliphatic rings. The van der Waals surface area contributed by atoms with Crippen molar-refractivity contribution in [2.24, 2.45) is 0 Å². The SMILES string of the molecule is CC(C)c1cnc2c(F)cc(F)cn12.CC(C)c1cnc2ccc(F)cn12. The van der Waals surface area contributed by atoms with E-state index in [1.165, 1.54) is 22.9 Å². The summed E-state index contributed by atoms with van der Waals surface area (Å²) >= 11 is 0. The lowest BCUT2D eigenvalue weighted by atomic mass is 10.1. The van der Waals surface area contributed by atoms with Crippen molar-refractivity contribution < 1.29 is 13.2 Å². The normalized spacial score (nSPS) is 11.4. The van der Waals surface area contributed by atoms with Gasteiger partial charge in [-0.3, -0.25) is 4.40 Å². The van der Waals surface area contributed by atoms with E-state index >= 15 is 0 Å². The van der Waals surface area contributed by atoms with Crippen LogP contribution in [0.3, 0.4) is 0 Å². The van der Waals surface area contributed by atoms with E-state index in [-0.39, 0.29) is 17.4 Å². The molecular formula is C20H21F3N4. The van der Waals surface area contributed by atoms with Gasteiger partial charge in [-0.05, 0) is 24.0 Å². The lowest BCUT2D eigenvalue weighted by Crippen LogP contribution is -1.97. The zero-order valence-electron chi connectivity index (χ0n) is 15.6. The number of rotatable bonds is 2. The molecule has 0 atom stereocenters. The second kappa shape index (κ2) is 7.42. The molecule has 0 aromatic carbocycles. The maximum absolute atomic E-state index is 13.2. The Morgan fingerprint density at radius 2 is 1.37 bits per heavy atom. The minimum Gasteiger partial charge on any atom is -0.301 e. The summed E-state index contributed by atoms with van der Waals surface area (Å²) in [5.74, 6) is -0.901. The number of pyridine rings is 2. The molecular weight excluding hydrogens is 353 g/mol. The first kappa shape index (κ1) is 18.9. The van der Waals surface area contributed by atoms with Crippen LogP contribution in [0.4, 0.5) is 13.2 Å². The predicted molar refractivity (Wildman–Crippen MR) is 98.4 cm³/mol. The Balaban J connectivity index is 0.000000156. The molecule has 0 aliphatic carbocycles. The minimum atomic E-state index is -0.628. The van der Waals surface area contributed by atoms with Crippen molar-refractivity contribution >= 4 is 11.3 Å². The molecule has 7 heteroatoms. The summed E-state index contributed by atoms with van der Waals surface area (Å²) in [5.41, 5.74) is 2.81. The molecule has 0 saturated carbocycles. The summed E-state index contributed by atoms with van der Waals surface area (Å²) in [6, 6.07) is 3.94. The number of hydrogen-bond donors (Lipinski definition) is 0. The van der Waals surface area contributed by atoms with E-state index in [2.05, 4.69) is 23.8 Å². The average molecular weight is 374 g/mol. The lowest BCUT2D eigenvalue weighted by molar-refractivity contribution is 0.574. The highest BCUT2D eigenvalue weighted by Crippen LogP contribution is 2.19. The standard InChI is InChI=1S/C10H10F2N2.C10H11FN2/c1-6(2)9-4-13-10-8(12)3-7(11)5-14(9)10;1-7(2)9-5-12-10-4-3-8(11)6-13(9)10/h3-6H,1-2H3;3-7H,1-2H3. The van der Waals surface area contributed by atoms with Crippen LogP contribution in [0.2, 0.25) is 0 Å². The third kappa shape index (κ3) is 3.82. The third-order valence-electron chi connectivity index (χ3n) is 4.24. The van der Waals surface area contributed by atoms with Crippen LogP contribution in [0.5, 0.6) is 0 Å². The van der Waals surface area contributed by atoms with Crippen LogP contribution >= 0.6 is 0 Å². The van der Waals surface area contributed by atoms with E-state index in [0.29, 0.717) is 5.92 Å². The Morgan fingerprint density at radius 1 is 0.778 bits per heavy atom. The monoisotopic (exact) mass is 374 g/mol. The lowest BCUT2D eigenvalue weighted by Gasteiger charge is -2.04. The van der Waals surface area contributed by atoms with Crippen molar-refractivity contribution in [1.29, 1.82) is 0 Å². The predicted octanol–water partition coefficient (Wildman–Crippen LogP) is 5.33. The van der Waals surface area contributed by atoms with Gasteiger partial charge < -0.3 is 4.40 Å². The Bertz CT molecular complexity index is 1080. The molecule has 4 nitrogen and oxygen atoms in total. The average Bonchev–Trinajstić information content (AvgIpc) is 3.18. The first-order valence-electron chi connectivity index (χ1n) is 8.72. The summed E-state index contributed by atoms with van der Waals surface area (Å²) in [5, 5.41) is 0. The molecule has 0 saturated heterocycles. The van der Waals surface area contributed by atoms with Gasteiger partial charge in [0.25, 0.3) is 0 Å². The molecule has 4 heterocycles. The van der Waals surface area contributed by atoms with Gasteiger partial charge in [0, 0.05) is 42.2 Å². The number of nitrogens with zero attached hydrogens (tertiary/aromatic N) is 4.